The number of amides is 1. The minimum Gasteiger partial charge on any atom is -0.275 e. The number of anilines is 1. The summed E-state index contributed by atoms with van der Waals surface area (Å²) >= 11 is 0. The Labute approximate surface area is 149 Å². The highest BCUT2D eigenvalue weighted by molar-refractivity contribution is 7.93. The number of carbonyl (C=O) groups is 1. The molecule has 0 spiro atoms. The lowest BCUT2D eigenvalue weighted by Gasteiger charge is -2.18. The Morgan fingerprint density at radius 1 is 1.35 bits per heavy atom. The average Bonchev–Trinajstić information content (AvgIpc) is 2.51. The maximum atomic E-state index is 12.6. The summed E-state index contributed by atoms with van der Waals surface area (Å²) in [6, 6.07) is 5.91. The molecule has 142 valence electrons. The van der Waals surface area contributed by atoms with Crippen molar-refractivity contribution in [3.8, 4) is 6.07 Å². The van der Waals surface area contributed by atoms with Gasteiger partial charge in [0.25, 0.3) is 0 Å². The Hall–Kier alpha value is -2.61. The van der Waals surface area contributed by atoms with Gasteiger partial charge in [-0.2, -0.15) is 32.0 Å². The van der Waals surface area contributed by atoms with E-state index in [2.05, 4.69) is 5.10 Å². The first-order chi connectivity index (χ1) is 11.9. The molecule has 0 aliphatic heterocycles. The van der Waals surface area contributed by atoms with Gasteiger partial charge < -0.3 is 0 Å². The van der Waals surface area contributed by atoms with Crippen LogP contribution in [0.3, 0.4) is 0 Å². The summed E-state index contributed by atoms with van der Waals surface area (Å²) in [4.78, 5) is 11.6. The van der Waals surface area contributed by atoms with Gasteiger partial charge >= 0.3 is 15.5 Å². The Kier molecular flexibility index (Phi) is 6.74. The van der Waals surface area contributed by atoms with Crippen molar-refractivity contribution in [2.75, 3.05) is 11.3 Å². The van der Waals surface area contributed by atoms with Crippen molar-refractivity contribution < 1.29 is 26.4 Å². The minimum atomic E-state index is -5.61. The number of aryl methyl sites for hydroxylation is 1. The van der Waals surface area contributed by atoms with E-state index >= 15 is 0 Å². The number of benzene rings is 1. The maximum absolute atomic E-state index is 12.6. The van der Waals surface area contributed by atoms with Gasteiger partial charge in [0, 0.05) is 12.5 Å². The number of hydrogen-bond donors (Lipinski definition) is 1. The Morgan fingerprint density at radius 2 is 1.96 bits per heavy atom. The fraction of sp³-hybridized carbons (Fsp3) is 0.400. The van der Waals surface area contributed by atoms with Gasteiger partial charge in [0.15, 0.2) is 0 Å². The predicted octanol–water partition coefficient (Wildman–Crippen LogP) is 2.74. The van der Waals surface area contributed by atoms with Crippen molar-refractivity contribution >= 4 is 27.3 Å². The van der Waals surface area contributed by atoms with Crippen LogP contribution in [0.1, 0.15) is 31.4 Å². The summed E-state index contributed by atoms with van der Waals surface area (Å²) in [5.41, 5.74) is -4.95. The molecule has 0 heterocycles. The predicted molar refractivity (Wildman–Crippen MR) is 89.6 cm³/mol. The molecular formula is C15H17F3N4O3S. The summed E-state index contributed by atoms with van der Waals surface area (Å²) in [5, 5.41) is 13.6. The zero-order chi connectivity index (χ0) is 20.1. The van der Waals surface area contributed by atoms with E-state index in [0.29, 0.717) is 5.56 Å². The smallest absolute Gasteiger partial charge is 0.275 e. The Bertz CT molecular complexity index is 858. The van der Waals surface area contributed by atoms with Crippen LogP contribution in [0.2, 0.25) is 0 Å². The molecule has 0 radical (unpaired) electrons. The number of hydrazone groups is 1. The molecule has 0 atom stereocenters. The molecular weight excluding hydrogens is 373 g/mol. The molecule has 1 aromatic carbocycles. The Morgan fingerprint density at radius 3 is 2.46 bits per heavy atom. The molecule has 0 fully saturated rings. The molecule has 0 saturated heterocycles. The maximum Gasteiger partial charge on any atom is 0.516 e. The van der Waals surface area contributed by atoms with Crippen molar-refractivity contribution in [3.05, 3.63) is 29.3 Å². The van der Waals surface area contributed by atoms with Crippen LogP contribution in [0, 0.1) is 18.3 Å². The van der Waals surface area contributed by atoms with Crippen molar-refractivity contribution in [1.29, 1.82) is 5.26 Å². The first-order valence-electron chi connectivity index (χ1n) is 7.29. The fourth-order valence-electron chi connectivity index (χ4n) is 1.92. The molecule has 0 unspecified atom stereocenters. The number of nitrogens with zero attached hydrogens (tertiary/aromatic N) is 3. The van der Waals surface area contributed by atoms with Crippen LogP contribution in [0.25, 0.3) is 0 Å². The van der Waals surface area contributed by atoms with E-state index in [9.17, 15) is 26.4 Å². The summed E-state index contributed by atoms with van der Waals surface area (Å²) in [6.07, 6.45) is 0.0116. The van der Waals surface area contributed by atoms with Crippen LogP contribution in [0.4, 0.5) is 18.9 Å². The van der Waals surface area contributed by atoms with Crippen LogP contribution >= 0.6 is 0 Å². The van der Waals surface area contributed by atoms with Gasteiger partial charge in [0.2, 0.25) is 5.91 Å². The number of halogens is 3. The van der Waals surface area contributed by atoms with Gasteiger partial charge in [-0.3, -0.25) is 9.52 Å². The number of nitrogens with one attached hydrogen (secondary N) is 1. The third kappa shape index (κ3) is 5.45. The zero-order valence-electron chi connectivity index (χ0n) is 14.3. The third-order valence-corrected chi connectivity index (χ3v) is 4.28. The molecule has 1 aromatic rings. The highest BCUT2D eigenvalue weighted by Gasteiger charge is 2.46. The van der Waals surface area contributed by atoms with Crippen molar-refractivity contribution in [1.82, 2.24) is 5.01 Å². The molecule has 26 heavy (non-hydrogen) atoms. The molecule has 11 heteroatoms. The first kappa shape index (κ1) is 21.4. The third-order valence-electron chi connectivity index (χ3n) is 3.18. The lowest BCUT2D eigenvalue weighted by Crippen LogP contribution is -2.30. The molecule has 0 bridgehead atoms. The van der Waals surface area contributed by atoms with E-state index in [1.54, 1.807) is 6.92 Å². The molecule has 7 nitrogen and oxygen atoms in total. The van der Waals surface area contributed by atoms with Gasteiger partial charge in [-0.15, -0.1) is 0 Å². The van der Waals surface area contributed by atoms with Crippen LogP contribution in [0.5, 0.6) is 0 Å². The molecule has 0 aromatic heterocycles. The molecule has 0 aliphatic rings. The second kappa shape index (κ2) is 8.18. The van der Waals surface area contributed by atoms with E-state index in [0.717, 1.165) is 5.01 Å². The van der Waals surface area contributed by atoms with Gasteiger partial charge in [-0.1, -0.05) is 11.6 Å². The fourth-order valence-corrected chi connectivity index (χ4v) is 2.50. The van der Waals surface area contributed by atoms with Gasteiger partial charge in [0.1, 0.15) is 0 Å². The van der Waals surface area contributed by atoms with Gasteiger partial charge in [0.05, 0.1) is 30.4 Å². The number of nitriles is 1. The van der Waals surface area contributed by atoms with E-state index < -0.39 is 21.4 Å². The topological polar surface area (TPSA) is 103 Å². The molecule has 0 aliphatic carbocycles. The average molecular weight is 390 g/mol. The number of carbonyl (C=O) groups excluding carboxylic acids is 1. The quantitative estimate of drug-likeness (QED) is 0.596. The number of sulfonamides is 1. The second-order valence-electron chi connectivity index (χ2n) is 5.34. The van der Waals surface area contributed by atoms with Crippen LogP contribution in [-0.2, 0) is 14.8 Å². The van der Waals surface area contributed by atoms with Crippen LogP contribution in [-0.4, -0.2) is 37.1 Å². The highest BCUT2D eigenvalue weighted by atomic mass is 32.2. The van der Waals surface area contributed by atoms with Crippen LogP contribution in [0.15, 0.2) is 23.3 Å². The standard InChI is InChI=1S/C15H17F3N4O3S/c1-10-5-6-14(21-26(24,25)15(16,17)18)13(9-10)11(2)20-22(12(3)23)8-4-7-19/h5-6,9,21H,4,8H2,1-3H3/b20-11+. The van der Waals surface area contributed by atoms with E-state index in [4.69, 9.17) is 5.26 Å². The van der Waals surface area contributed by atoms with E-state index in [-0.39, 0.29) is 29.9 Å². The number of rotatable bonds is 6. The van der Waals surface area contributed by atoms with E-state index in [1.165, 1.54) is 36.8 Å². The lowest BCUT2D eigenvalue weighted by molar-refractivity contribution is -0.128. The first-order valence-corrected chi connectivity index (χ1v) is 8.77. The van der Waals surface area contributed by atoms with Crippen molar-refractivity contribution in [2.24, 2.45) is 5.10 Å². The number of hydrogen-bond acceptors (Lipinski definition) is 5. The summed E-state index contributed by atoms with van der Waals surface area (Å²) in [6.45, 7) is 4.30. The monoisotopic (exact) mass is 390 g/mol. The largest absolute Gasteiger partial charge is 0.516 e. The Balaban J connectivity index is 3.35. The zero-order valence-corrected chi connectivity index (χ0v) is 15.1. The van der Waals surface area contributed by atoms with Crippen molar-refractivity contribution in [3.63, 3.8) is 0 Å². The number of alkyl halides is 3. The summed E-state index contributed by atoms with van der Waals surface area (Å²) < 4.78 is 62.1. The van der Waals surface area contributed by atoms with Crippen LogP contribution < -0.4 is 4.72 Å². The second-order valence-corrected chi connectivity index (χ2v) is 7.01. The normalized spacial score (nSPS) is 12.4. The lowest BCUT2D eigenvalue weighted by atomic mass is 10.1. The summed E-state index contributed by atoms with van der Waals surface area (Å²) in [5.74, 6) is -0.468. The van der Waals surface area contributed by atoms with Crippen molar-refractivity contribution in [2.45, 2.75) is 32.7 Å². The van der Waals surface area contributed by atoms with E-state index in [1.807, 2.05) is 6.07 Å². The van der Waals surface area contributed by atoms with Gasteiger partial charge in [-0.25, -0.2) is 5.01 Å². The molecule has 1 N–H and O–H groups in total. The summed E-state index contributed by atoms with van der Waals surface area (Å²) in [7, 11) is -5.61. The minimum absolute atomic E-state index is 0.00139. The molecule has 0 saturated carbocycles. The molecule has 1 rings (SSSR count). The molecule has 1 amide bonds. The highest BCUT2D eigenvalue weighted by Crippen LogP contribution is 2.28. The SMILES string of the molecule is CC(=O)N(CCC#N)/N=C(\C)c1cc(C)ccc1NS(=O)(=O)C(F)(F)F. The van der Waals surface area contributed by atoms with Gasteiger partial charge in [-0.05, 0) is 26.0 Å².